The molecule has 0 unspecified atom stereocenters. The van der Waals surface area contributed by atoms with Gasteiger partial charge < -0.3 is 14.6 Å². The SMILES string of the molecule is O=[N+]([O-])c1ccc(CNC2CC2)cc1OCc1ncon1. The second kappa shape index (κ2) is 5.88. The summed E-state index contributed by atoms with van der Waals surface area (Å²) in [6, 6.07) is 5.43. The molecule has 1 saturated carbocycles. The second-order valence-corrected chi connectivity index (χ2v) is 4.85. The average Bonchev–Trinajstić information content (AvgIpc) is 3.16. The minimum atomic E-state index is -0.469. The number of nitro benzene ring substituents is 1. The molecule has 0 saturated heterocycles. The lowest BCUT2D eigenvalue weighted by Crippen LogP contribution is -2.15. The largest absolute Gasteiger partial charge is 0.478 e. The number of hydrogen-bond acceptors (Lipinski definition) is 7. The number of hydrogen-bond donors (Lipinski definition) is 1. The number of nitrogens with zero attached hydrogens (tertiary/aromatic N) is 3. The molecular formula is C13H14N4O4. The van der Waals surface area contributed by atoms with Crippen molar-refractivity contribution in [2.75, 3.05) is 0 Å². The Morgan fingerprint density at radius 1 is 1.48 bits per heavy atom. The third-order valence-electron chi connectivity index (χ3n) is 3.16. The minimum Gasteiger partial charge on any atom is -0.478 e. The van der Waals surface area contributed by atoms with Gasteiger partial charge in [0.2, 0.25) is 12.2 Å². The van der Waals surface area contributed by atoms with Crippen LogP contribution in [0.3, 0.4) is 0 Å². The van der Waals surface area contributed by atoms with E-state index >= 15 is 0 Å². The van der Waals surface area contributed by atoms with E-state index in [4.69, 9.17) is 4.74 Å². The molecule has 8 heteroatoms. The summed E-state index contributed by atoms with van der Waals surface area (Å²) in [6.45, 7) is 0.693. The molecule has 1 aromatic carbocycles. The number of benzene rings is 1. The lowest BCUT2D eigenvalue weighted by atomic mass is 10.2. The molecule has 8 nitrogen and oxygen atoms in total. The van der Waals surface area contributed by atoms with Crippen LogP contribution >= 0.6 is 0 Å². The van der Waals surface area contributed by atoms with E-state index in [0.717, 1.165) is 5.56 Å². The Labute approximate surface area is 120 Å². The van der Waals surface area contributed by atoms with Crippen molar-refractivity contribution in [2.45, 2.75) is 32.0 Å². The van der Waals surface area contributed by atoms with Crippen LogP contribution in [-0.2, 0) is 13.2 Å². The van der Waals surface area contributed by atoms with Gasteiger partial charge in [0.25, 0.3) is 0 Å². The van der Waals surface area contributed by atoms with Gasteiger partial charge in [-0.25, -0.2) is 0 Å². The van der Waals surface area contributed by atoms with Crippen LogP contribution in [0.2, 0.25) is 0 Å². The molecule has 1 heterocycles. The zero-order valence-electron chi connectivity index (χ0n) is 11.2. The Bertz CT molecular complexity index is 625. The molecule has 110 valence electrons. The molecule has 0 aliphatic heterocycles. The quantitative estimate of drug-likeness (QED) is 0.612. The van der Waals surface area contributed by atoms with E-state index in [-0.39, 0.29) is 18.0 Å². The number of nitrogens with one attached hydrogen (secondary N) is 1. The van der Waals surface area contributed by atoms with Gasteiger partial charge in [-0.2, -0.15) is 4.98 Å². The van der Waals surface area contributed by atoms with Gasteiger partial charge in [0, 0.05) is 18.7 Å². The van der Waals surface area contributed by atoms with Gasteiger partial charge in [-0.3, -0.25) is 10.1 Å². The summed E-state index contributed by atoms with van der Waals surface area (Å²) in [5, 5.41) is 18.0. The Morgan fingerprint density at radius 2 is 2.33 bits per heavy atom. The van der Waals surface area contributed by atoms with E-state index in [1.165, 1.54) is 25.3 Å². The van der Waals surface area contributed by atoms with Crippen molar-refractivity contribution in [3.05, 3.63) is 46.1 Å². The van der Waals surface area contributed by atoms with Gasteiger partial charge in [-0.05, 0) is 24.5 Å². The van der Waals surface area contributed by atoms with Crippen LogP contribution in [0.25, 0.3) is 0 Å². The molecule has 0 atom stereocenters. The lowest BCUT2D eigenvalue weighted by molar-refractivity contribution is -0.386. The Kier molecular flexibility index (Phi) is 3.78. The average molecular weight is 290 g/mol. The second-order valence-electron chi connectivity index (χ2n) is 4.85. The van der Waals surface area contributed by atoms with Gasteiger partial charge in [0.05, 0.1) is 4.92 Å². The first-order valence-corrected chi connectivity index (χ1v) is 6.61. The zero-order chi connectivity index (χ0) is 14.7. The van der Waals surface area contributed by atoms with Crippen molar-refractivity contribution >= 4 is 5.69 Å². The highest BCUT2D eigenvalue weighted by molar-refractivity contribution is 5.48. The van der Waals surface area contributed by atoms with E-state index in [2.05, 4.69) is 20.0 Å². The predicted molar refractivity (Wildman–Crippen MR) is 71.6 cm³/mol. The number of nitro groups is 1. The lowest BCUT2D eigenvalue weighted by Gasteiger charge is -2.08. The van der Waals surface area contributed by atoms with E-state index < -0.39 is 4.92 Å². The van der Waals surface area contributed by atoms with Crippen molar-refractivity contribution in [1.82, 2.24) is 15.5 Å². The molecule has 1 N–H and O–H groups in total. The Hall–Kier alpha value is -2.48. The summed E-state index contributed by atoms with van der Waals surface area (Å²) < 4.78 is 10.0. The molecule has 0 radical (unpaired) electrons. The molecule has 1 aliphatic rings. The highest BCUT2D eigenvalue weighted by Gasteiger charge is 2.21. The van der Waals surface area contributed by atoms with Crippen LogP contribution in [-0.4, -0.2) is 21.1 Å². The normalized spacial score (nSPS) is 14.1. The maximum absolute atomic E-state index is 11.0. The highest BCUT2D eigenvalue weighted by Crippen LogP contribution is 2.29. The fourth-order valence-electron chi connectivity index (χ4n) is 1.88. The van der Waals surface area contributed by atoms with Crippen LogP contribution in [0.1, 0.15) is 24.2 Å². The van der Waals surface area contributed by atoms with Crippen LogP contribution in [0.5, 0.6) is 5.75 Å². The summed E-state index contributed by atoms with van der Waals surface area (Å²) in [5.74, 6) is 0.547. The first-order chi connectivity index (χ1) is 10.2. The molecule has 2 aromatic rings. The zero-order valence-corrected chi connectivity index (χ0v) is 11.2. The van der Waals surface area contributed by atoms with Gasteiger partial charge in [-0.1, -0.05) is 11.2 Å². The maximum Gasteiger partial charge on any atom is 0.310 e. The van der Waals surface area contributed by atoms with Crippen LogP contribution in [0, 0.1) is 10.1 Å². The summed E-state index contributed by atoms with van der Waals surface area (Å²) in [6.07, 6.45) is 3.56. The first kappa shape index (κ1) is 13.5. The van der Waals surface area contributed by atoms with Gasteiger partial charge >= 0.3 is 5.69 Å². The number of rotatable bonds is 7. The third-order valence-corrected chi connectivity index (χ3v) is 3.16. The van der Waals surface area contributed by atoms with Crippen molar-refractivity contribution < 1.29 is 14.2 Å². The monoisotopic (exact) mass is 290 g/mol. The van der Waals surface area contributed by atoms with E-state index in [1.54, 1.807) is 12.1 Å². The summed E-state index contributed by atoms with van der Waals surface area (Å²) in [7, 11) is 0. The summed E-state index contributed by atoms with van der Waals surface area (Å²) in [4.78, 5) is 14.4. The van der Waals surface area contributed by atoms with Gasteiger partial charge in [-0.15, -0.1) is 0 Å². The van der Waals surface area contributed by atoms with Crippen molar-refractivity contribution in [1.29, 1.82) is 0 Å². The highest BCUT2D eigenvalue weighted by atomic mass is 16.6. The van der Waals surface area contributed by atoms with Crippen LogP contribution in [0.4, 0.5) is 5.69 Å². The molecule has 1 fully saturated rings. The fourth-order valence-corrected chi connectivity index (χ4v) is 1.88. The third kappa shape index (κ3) is 3.54. The number of ether oxygens (including phenoxy) is 1. The minimum absolute atomic E-state index is 0.0246. The Balaban J connectivity index is 1.72. The number of aromatic nitrogens is 2. The smallest absolute Gasteiger partial charge is 0.310 e. The Morgan fingerprint density at radius 3 is 3.00 bits per heavy atom. The van der Waals surface area contributed by atoms with Crippen molar-refractivity contribution in [2.24, 2.45) is 0 Å². The first-order valence-electron chi connectivity index (χ1n) is 6.61. The molecular weight excluding hydrogens is 276 g/mol. The van der Waals surface area contributed by atoms with E-state index in [1.807, 2.05) is 0 Å². The van der Waals surface area contributed by atoms with Gasteiger partial charge in [0.1, 0.15) is 0 Å². The topological polar surface area (TPSA) is 103 Å². The molecule has 3 rings (SSSR count). The molecule has 21 heavy (non-hydrogen) atoms. The molecule has 0 spiro atoms. The summed E-state index contributed by atoms with van der Waals surface area (Å²) >= 11 is 0. The van der Waals surface area contributed by atoms with Crippen LogP contribution < -0.4 is 10.1 Å². The molecule has 1 aliphatic carbocycles. The van der Waals surface area contributed by atoms with E-state index in [0.29, 0.717) is 18.4 Å². The molecule has 0 amide bonds. The van der Waals surface area contributed by atoms with Crippen molar-refractivity contribution in [3.63, 3.8) is 0 Å². The fraction of sp³-hybridized carbons (Fsp3) is 0.385. The molecule has 1 aromatic heterocycles. The summed E-state index contributed by atoms with van der Waals surface area (Å²) in [5.41, 5.74) is 0.865. The predicted octanol–water partition coefficient (Wildman–Crippen LogP) is 1.81. The van der Waals surface area contributed by atoms with E-state index in [9.17, 15) is 10.1 Å². The standard InChI is InChI=1S/C13H14N4O4/c18-17(19)11-4-1-9(6-14-10-2-3-10)5-12(11)20-7-13-15-8-21-16-13/h1,4-5,8,10,14H,2-3,6-7H2. The maximum atomic E-state index is 11.0. The van der Waals surface area contributed by atoms with Crippen LogP contribution in [0.15, 0.2) is 29.1 Å². The van der Waals surface area contributed by atoms with Crippen molar-refractivity contribution in [3.8, 4) is 5.75 Å². The van der Waals surface area contributed by atoms with Gasteiger partial charge in [0.15, 0.2) is 12.4 Å². The molecule has 0 bridgehead atoms.